The molecule has 0 aromatic heterocycles. The van der Waals surface area contributed by atoms with Crippen LogP contribution in [0.2, 0.25) is 0 Å². The molecule has 0 fully saturated rings. The predicted octanol–water partition coefficient (Wildman–Crippen LogP) is 5.53. The maximum absolute atomic E-state index is 13.3. The summed E-state index contributed by atoms with van der Waals surface area (Å²) in [5.41, 5.74) is 1.90. The van der Waals surface area contributed by atoms with Crippen molar-refractivity contribution in [2.45, 2.75) is 15.5 Å². The number of hydrogen-bond acceptors (Lipinski definition) is 6. The minimum atomic E-state index is -3.72. The Balaban J connectivity index is 1.66. The molecule has 0 atom stereocenters. The molecule has 0 aliphatic carbocycles. The van der Waals surface area contributed by atoms with Gasteiger partial charge in [-0.05, 0) is 54.1 Å². The molecular formula is C24H20BrNO5S2. The van der Waals surface area contributed by atoms with Crippen LogP contribution in [0.25, 0.3) is 6.08 Å². The predicted molar refractivity (Wildman–Crippen MR) is 133 cm³/mol. The molecule has 4 rings (SSSR count). The average molecular weight is 546 g/mol. The molecule has 1 aliphatic heterocycles. The highest BCUT2D eigenvalue weighted by atomic mass is 79.9. The molecule has 170 valence electrons. The van der Waals surface area contributed by atoms with Gasteiger partial charge in [-0.1, -0.05) is 45.9 Å². The number of anilines is 1. The number of amides is 1. The Hall–Kier alpha value is -2.75. The van der Waals surface area contributed by atoms with Gasteiger partial charge < -0.3 is 14.8 Å². The molecule has 6 nitrogen and oxygen atoms in total. The second-order valence-corrected chi connectivity index (χ2v) is 11.2. The first-order valence-corrected chi connectivity index (χ1v) is 13.1. The van der Waals surface area contributed by atoms with E-state index in [-0.39, 0.29) is 16.6 Å². The minimum absolute atomic E-state index is 0.154. The van der Waals surface area contributed by atoms with Crippen molar-refractivity contribution in [3.05, 3.63) is 81.2 Å². The summed E-state index contributed by atoms with van der Waals surface area (Å²) in [5.74, 6) is 0.372. The summed E-state index contributed by atoms with van der Waals surface area (Å²) in [6.07, 6.45) is 1.77. The van der Waals surface area contributed by atoms with Gasteiger partial charge in [-0.3, -0.25) is 4.79 Å². The van der Waals surface area contributed by atoms with E-state index in [0.717, 1.165) is 10.0 Å². The Bertz CT molecular complexity index is 1330. The Morgan fingerprint density at radius 1 is 1.00 bits per heavy atom. The van der Waals surface area contributed by atoms with Crippen LogP contribution in [0.3, 0.4) is 0 Å². The number of ether oxygens (including phenoxy) is 2. The van der Waals surface area contributed by atoms with Crippen LogP contribution in [0.15, 0.2) is 79.8 Å². The second-order valence-electron chi connectivity index (χ2n) is 7.17. The lowest BCUT2D eigenvalue weighted by Gasteiger charge is -2.20. The van der Waals surface area contributed by atoms with Crippen LogP contribution in [-0.2, 0) is 20.4 Å². The third-order valence-electron chi connectivity index (χ3n) is 5.04. The van der Waals surface area contributed by atoms with E-state index in [0.29, 0.717) is 32.6 Å². The molecule has 0 saturated heterocycles. The van der Waals surface area contributed by atoms with Crippen molar-refractivity contribution >= 4 is 55.2 Å². The van der Waals surface area contributed by atoms with Crippen molar-refractivity contribution in [2.24, 2.45) is 0 Å². The van der Waals surface area contributed by atoms with Crippen molar-refractivity contribution in [2.75, 3.05) is 19.5 Å². The quantitative estimate of drug-likeness (QED) is 0.410. The minimum Gasteiger partial charge on any atom is -0.496 e. The highest BCUT2D eigenvalue weighted by molar-refractivity contribution is 9.10. The van der Waals surface area contributed by atoms with Gasteiger partial charge in [-0.2, -0.15) is 0 Å². The maximum Gasteiger partial charge on any atom is 0.262 e. The Kier molecular flexibility index (Phi) is 6.83. The summed E-state index contributed by atoms with van der Waals surface area (Å²) < 4.78 is 38.2. The summed E-state index contributed by atoms with van der Waals surface area (Å²) in [5, 5.41) is 2.83. The van der Waals surface area contributed by atoms with Crippen molar-refractivity contribution in [3.63, 3.8) is 0 Å². The van der Waals surface area contributed by atoms with Gasteiger partial charge in [-0.15, -0.1) is 0 Å². The van der Waals surface area contributed by atoms with Gasteiger partial charge in [0.1, 0.15) is 11.5 Å². The Morgan fingerprint density at radius 2 is 1.67 bits per heavy atom. The summed E-state index contributed by atoms with van der Waals surface area (Å²) in [4.78, 5) is 13.8. The molecule has 0 saturated carbocycles. The first kappa shape index (κ1) is 23.4. The zero-order valence-corrected chi connectivity index (χ0v) is 21.0. The van der Waals surface area contributed by atoms with Crippen LogP contribution in [0.1, 0.15) is 11.1 Å². The van der Waals surface area contributed by atoms with E-state index >= 15 is 0 Å². The monoisotopic (exact) mass is 545 g/mol. The summed E-state index contributed by atoms with van der Waals surface area (Å²) in [6.45, 7) is 0. The summed E-state index contributed by atoms with van der Waals surface area (Å²) >= 11 is 4.63. The van der Waals surface area contributed by atoms with Crippen molar-refractivity contribution in [1.29, 1.82) is 0 Å². The molecule has 3 aromatic carbocycles. The molecule has 9 heteroatoms. The van der Waals surface area contributed by atoms with Crippen LogP contribution in [-0.4, -0.2) is 28.5 Å². The van der Waals surface area contributed by atoms with E-state index in [1.165, 1.54) is 32.0 Å². The lowest BCUT2D eigenvalue weighted by atomic mass is 10.2. The average Bonchev–Trinajstić information content (AvgIpc) is 2.80. The zero-order valence-electron chi connectivity index (χ0n) is 17.8. The largest absolute Gasteiger partial charge is 0.496 e. The van der Waals surface area contributed by atoms with E-state index in [4.69, 9.17) is 9.47 Å². The molecule has 0 radical (unpaired) electrons. The fourth-order valence-corrected chi connectivity index (χ4v) is 6.12. The topological polar surface area (TPSA) is 81.7 Å². The Morgan fingerprint density at radius 3 is 2.30 bits per heavy atom. The lowest BCUT2D eigenvalue weighted by Crippen LogP contribution is -2.17. The van der Waals surface area contributed by atoms with Gasteiger partial charge >= 0.3 is 0 Å². The summed E-state index contributed by atoms with van der Waals surface area (Å²) in [6, 6.07) is 17.4. The van der Waals surface area contributed by atoms with E-state index in [2.05, 4.69) is 21.2 Å². The van der Waals surface area contributed by atoms with Gasteiger partial charge in [-0.25, -0.2) is 8.42 Å². The number of carbonyl (C=O) groups excluding carboxylic acids is 1. The number of nitrogens with one attached hydrogen (secondary N) is 1. The number of fused-ring (bicyclic) bond motifs is 1. The van der Waals surface area contributed by atoms with Crippen LogP contribution in [0.4, 0.5) is 5.69 Å². The van der Waals surface area contributed by atoms with Crippen molar-refractivity contribution in [1.82, 2.24) is 0 Å². The second kappa shape index (κ2) is 9.62. The van der Waals surface area contributed by atoms with Crippen molar-refractivity contribution in [3.8, 4) is 11.5 Å². The number of thioether (sulfide) groups is 1. The van der Waals surface area contributed by atoms with E-state index < -0.39 is 9.84 Å². The molecule has 33 heavy (non-hydrogen) atoms. The SMILES string of the molecule is COc1cccc(OC)c1CS(=O)(=O)c1ccc2c(c1)SC(=Cc1ccc(Br)cc1)C(=O)N2. The van der Waals surface area contributed by atoms with E-state index in [9.17, 15) is 13.2 Å². The normalized spacial score (nSPS) is 14.5. The lowest BCUT2D eigenvalue weighted by molar-refractivity contribution is -0.112. The molecule has 0 bridgehead atoms. The highest BCUT2D eigenvalue weighted by Gasteiger charge is 2.26. The first-order valence-electron chi connectivity index (χ1n) is 9.84. The van der Waals surface area contributed by atoms with Gasteiger partial charge in [0.2, 0.25) is 0 Å². The highest BCUT2D eigenvalue weighted by Crippen LogP contribution is 2.41. The fraction of sp³-hybridized carbons (Fsp3) is 0.125. The standard InChI is InChI=1S/C24H20BrNO5S2/c1-30-20-4-3-5-21(31-2)18(20)14-33(28,29)17-10-11-19-22(13-17)32-23(24(27)26-19)12-15-6-8-16(25)9-7-15/h3-13H,14H2,1-2H3,(H,26,27). The van der Waals surface area contributed by atoms with Gasteiger partial charge in [0.15, 0.2) is 9.84 Å². The zero-order chi connectivity index (χ0) is 23.6. The smallest absolute Gasteiger partial charge is 0.262 e. The van der Waals surface area contributed by atoms with E-state index in [1.54, 1.807) is 36.4 Å². The summed E-state index contributed by atoms with van der Waals surface area (Å²) in [7, 11) is -0.740. The number of methoxy groups -OCH3 is 2. The first-order chi connectivity index (χ1) is 15.8. The molecule has 1 heterocycles. The number of hydrogen-bond donors (Lipinski definition) is 1. The van der Waals surface area contributed by atoms with Gasteiger partial charge in [0.05, 0.1) is 41.0 Å². The fourth-order valence-electron chi connectivity index (χ4n) is 3.38. The molecule has 1 amide bonds. The van der Waals surface area contributed by atoms with E-state index in [1.807, 2.05) is 24.3 Å². The maximum atomic E-state index is 13.3. The van der Waals surface area contributed by atoms with Crippen LogP contribution < -0.4 is 14.8 Å². The molecule has 1 N–H and O–H groups in total. The van der Waals surface area contributed by atoms with Gasteiger partial charge in [0.25, 0.3) is 5.91 Å². The Labute approximate surface area is 205 Å². The molecular weight excluding hydrogens is 526 g/mol. The van der Waals surface area contributed by atoms with Crippen LogP contribution >= 0.6 is 27.7 Å². The molecule has 0 unspecified atom stereocenters. The number of halogens is 1. The van der Waals surface area contributed by atoms with Crippen LogP contribution in [0, 0.1) is 0 Å². The molecule has 0 spiro atoms. The van der Waals surface area contributed by atoms with Crippen LogP contribution in [0.5, 0.6) is 11.5 Å². The number of carbonyl (C=O) groups is 1. The third-order valence-corrected chi connectivity index (χ3v) is 8.29. The number of rotatable bonds is 6. The third kappa shape index (κ3) is 5.10. The van der Waals surface area contributed by atoms with Gasteiger partial charge in [0, 0.05) is 9.37 Å². The molecule has 3 aromatic rings. The number of benzene rings is 3. The van der Waals surface area contributed by atoms with Crippen molar-refractivity contribution < 1.29 is 22.7 Å². The molecule has 1 aliphatic rings. The number of sulfone groups is 1.